The van der Waals surface area contributed by atoms with Crippen molar-refractivity contribution in [3.63, 3.8) is 0 Å². The summed E-state index contributed by atoms with van der Waals surface area (Å²) < 4.78 is 0. The summed E-state index contributed by atoms with van der Waals surface area (Å²) in [6, 6.07) is 18.0. The molecule has 1 saturated carbocycles. The van der Waals surface area contributed by atoms with Crippen LogP contribution in [0.1, 0.15) is 35.2 Å². The number of carbonyl (C=O) groups is 2. The predicted molar refractivity (Wildman–Crippen MR) is 128 cm³/mol. The molecule has 6 heteroatoms. The highest BCUT2D eigenvalue weighted by Gasteiger charge is 2.33. The summed E-state index contributed by atoms with van der Waals surface area (Å²) in [4.78, 5) is 31.8. The molecule has 0 bridgehead atoms. The summed E-state index contributed by atoms with van der Waals surface area (Å²) >= 11 is 0. The Hall–Kier alpha value is -2.70. The topological polar surface area (TPSA) is 55.9 Å². The van der Waals surface area contributed by atoms with Crippen molar-refractivity contribution in [2.75, 3.05) is 51.2 Å². The number of carbonyl (C=O) groups excluding carboxylic acids is 2. The largest absolute Gasteiger partial charge is 0.352 e. The van der Waals surface area contributed by atoms with E-state index in [1.165, 1.54) is 5.56 Å². The number of amides is 2. The molecule has 0 aromatic heterocycles. The summed E-state index contributed by atoms with van der Waals surface area (Å²) in [7, 11) is 1.77. The van der Waals surface area contributed by atoms with Crippen LogP contribution in [0.3, 0.4) is 0 Å². The highest BCUT2D eigenvalue weighted by atomic mass is 16.2. The molecule has 2 fully saturated rings. The fourth-order valence-electron chi connectivity index (χ4n) is 4.29. The standard InChI is InChI=1S/C26H34N4O2/c1-28(26(32)22-12-13-22)24-11-6-5-10-23(24)25(31)27-14-7-15-29-16-18-30(19-17-29)20-21-8-3-2-4-9-21/h2-6,8-11,22H,7,12-20H2,1H3,(H,27,31). The number of nitrogens with one attached hydrogen (secondary N) is 1. The van der Waals surface area contributed by atoms with Crippen LogP contribution in [0.2, 0.25) is 0 Å². The lowest BCUT2D eigenvalue weighted by molar-refractivity contribution is -0.119. The Morgan fingerprint density at radius 3 is 2.31 bits per heavy atom. The number of anilines is 1. The maximum atomic E-state index is 12.8. The van der Waals surface area contributed by atoms with Gasteiger partial charge in [-0.15, -0.1) is 0 Å². The minimum atomic E-state index is -0.108. The summed E-state index contributed by atoms with van der Waals surface area (Å²) in [6.07, 6.45) is 2.83. The summed E-state index contributed by atoms with van der Waals surface area (Å²) in [5.74, 6) is 0.129. The molecule has 1 aliphatic carbocycles. The molecule has 0 radical (unpaired) electrons. The quantitative estimate of drug-likeness (QED) is 0.617. The Morgan fingerprint density at radius 2 is 1.59 bits per heavy atom. The highest BCUT2D eigenvalue weighted by molar-refractivity contribution is 6.05. The predicted octanol–water partition coefficient (Wildman–Crippen LogP) is 3.00. The zero-order chi connectivity index (χ0) is 22.3. The van der Waals surface area contributed by atoms with Gasteiger partial charge >= 0.3 is 0 Å². The molecule has 4 rings (SSSR count). The maximum Gasteiger partial charge on any atom is 0.253 e. The smallest absolute Gasteiger partial charge is 0.253 e. The first-order valence-corrected chi connectivity index (χ1v) is 11.8. The van der Waals surface area contributed by atoms with E-state index in [9.17, 15) is 9.59 Å². The number of para-hydroxylation sites is 1. The van der Waals surface area contributed by atoms with Crippen LogP contribution in [0.4, 0.5) is 5.69 Å². The van der Waals surface area contributed by atoms with E-state index in [1.807, 2.05) is 18.2 Å². The SMILES string of the molecule is CN(C(=O)C1CC1)c1ccccc1C(=O)NCCCN1CCN(Cc2ccccc2)CC1. The molecule has 0 atom stereocenters. The van der Waals surface area contributed by atoms with Crippen LogP contribution >= 0.6 is 0 Å². The molecule has 0 unspecified atom stereocenters. The fourth-order valence-corrected chi connectivity index (χ4v) is 4.29. The van der Waals surface area contributed by atoms with Crippen LogP contribution in [-0.4, -0.2) is 67.9 Å². The summed E-state index contributed by atoms with van der Waals surface area (Å²) in [5.41, 5.74) is 2.63. The third kappa shape index (κ3) is 5.96. The Bertz CT molecular complexity index is 905. The number of hydrogen-bond acceptors (Lipinski definition) is 4. The van der Waals surface area contributed by atoms with E-state index < -0.39 is 0 Å². The molecular formula is C26H34N4O2. The minimum Gasteiger partial charge on any atom is -0.352 e. The summed E-state index contributed by atoms with van der Waals surface area (Å²) in [6.45, 7) is 6.93. The lowest BCUT2D eigenvalue weighted by Gasteiger charge is -2.34. The van der Waals surface area contributed by atoms with Gasteiger partial charge in [-0.25, -0.2) is 0 Å². The molecule has 1 heterocycles. The van der Waals surface area contributed by atoms with Gasteiger partial charge in [0.25, 0.3) is 5.91 Å². The van der Waals surface area contributed by atoms with Gasteiger partial charge in [0, 0.05) is 52.2 Å². The fraction of sp³-hybridized carbons (Fsp3) is 0.462. The van der Waals surface area contributed by atoms with Crippen LogP contribution in [0.5, 0.6) is 0 Å². The monoisotopic (exact) mass is 434 g/mol. The van der Waals surface area contributed by atoms with Crippen molar-refractivity contribution in [2.24, 2.45) is 5.92 Å². The molecule has 170 valence electrons. The molecule has 2 amide bonds. The van der Waals surface area contributed by atoms with Gasteiger partial charge in [-0.3, -0.25) is 14.5 Å². The average molecular weight is 435 g/mol. The molecular weight excluding hydrogens is 400 g/mol. The van der Waals surface area contributed by atoms with Gasteiger partial charge < -0.3 is 15.1 Å². The van der Waals surface area contributed by atoms with Gasteiger partial charge in [0.2, 0.25) is 5.91 Å². The zero-order valence-electron chi connectivity index (χ0n) is 19.0. The van der Waals surface area contributed by atoms with E-state index in [2.05, 4.69) is 45.4 Å². The third-order valence-corrected chi connectivity index (χ3v) is 6.42. The molecule has 32 heavy (non-hydrogen) atoms. The Balaban J connectivity index is 1.18. The number of benzene rings is 2. The minimum absolute atomic E-state index is 0.108. The van der Waals surface area contributed by atoms with Gasteiger partial charge in [-0.2, -0.15) is 0 Å². The first-order chi connectivity index (χ1) is 15.6. The molecule has 2 aliphatic rings. The zero-order valence-corrected chi connectivity index (χ0v) is 19.0. The maximum absolute atomic E-state index is 12.8. The van der Waals surface area contributed by atoms with E-state index in [0.29, 0.717) is 17.8 Å². The molecule has 2 aromatic rings. The number of hydrogen-bond donors (Lipinski definition) is 1. The van der Waals surface area contributed by atoms with Crippen molar-refractivity contribution in [1.82, 2.24) is 15.1 Å². The lowest BCUT2D eigenvalue weighted by Crippen LogP contribution is -2.46. The van der Waals surface area contributed by atoms with E-state index in [0.717, 1.165) is 58.5 Å². The second-order valence-electron chi connectivity index (χ2n) is 8.90. The number of rotatable bonds is 9. The molecule has 2 aromatic carbocycles. The highest BCUT2D eigenvalue weighted by Crippen LogP contribution is 2.33. The molecule has 1 saturated heterocycles. The van der Waals surface area contributed by atoms with Crippen molar-refractivity contribution >= 4 is 17.5 Å². The average Bonchev–Trinajstić information content (AvgIpc) is 3.68. The van der Waals surface area contributed by atoms with E-state index in [4.69, 9.17) is 0 Å². The van der Waals surface area contributed by atoms with Gasteiger partial charge in [0.15, 0.2) is 0 Å². The van der Waals surface area contributed by atoms with Crippen LogP contribution in [0.25, 0.3) is 0 Å². The van der Waals surface area contributed by atoms with Gasteiger partial charge in [-0.1, -0.05) is 42.5 Å². The van der Waals surface area contributed by atoms with Crippen LogP contribution in [0.15, 0.2) is 54.6 Å². The van der Waals surface area contributed by atoms with Crippen LogP contribution in [0, 0.1) is 5.92 Å². The Labute approximate surface area is 191 Å². The van der Waals surface area contributed by atoms with Crippen molar-refractivity contribution in [3.8, 4) is 0 Å². The Morgan fingerprint density at radius 1 is 0.938 bits per heavy atom. The number of nitrogens with zero attached hydrogens (tertiary/aromatic N) is 3. The van der Waals surface area contributed by atoms with Crippen molar-refractivity contribution in [2.45, 2.75) is 25.8 Å². The third-order valence-electron chi connectivity index (χ3n) is 6.42. The number of piperazine rings is 1. The van der Waals surface area contributed by atoms with Crippen LogP contribution < -0.4 is 10.2 Å². The normalized spacial score (nSPS) is 17.2. The van der Waals surface area contributed by atoms with Gasteiger partial charge in [0.1, 0.15) is 0 Å². The van der Waals surface area contributed by atoms with Crippen molar-refractivity contribution in [1.29, 1.82) is 0 Å². The Kier molecular flexibility index (Phi) is 7.55. The van der Waals surface area contributed by atoms with Crippen molar-refractivity contribution < 1.29 is 9.59 Å². The first-order valence-electron chi connectivity index (χ1n) is 11.8. The van der Waals surface area contributed by atoms with Crippen LogP contribution in [-0.2, 0) is 11.3 Å². The molecule has 6 nitrogen and oxygen atoms in total. The van der Waals surface area contributed by atoms with E-state index in [1.54, 1.807) is 18.0 Å². The second kappa shape index (κ2) is 10.7. The van der Waals surface area contributed by atoms with Gasteiger partial charge in [0.05, 0.1) is 11.3 Å². The molecule has 1 N–H and O–H groups in total. The summed E-state index contributed by atoms with van der Waals surface area (Å²) in [5, 5.41) is 3.05. The lowest BCUT2D eigenvalue weighted by atomic mass is 10.1. The van der Waals surface area contributed by atoms with Crippen molar-refractivity contribution in [3.05, 3.63) is 65.7 Å². The second-order valence-corrected chi connectivity index (χ2v) is 8.90. The van der Waals surface area contributed by atoms with E-state index in [-0.39, 0.29) is 17.7 Å². The molecule has 1 aliphatic heterocycles. The first kappa shape index (κ1) is 22.5. The molecule has 0 spiro atoms. The van der Waals surface area contributed by atoms with E-state index >= 15 is 0 Å². The van der Waals surface area contributed by atoms with Gasteiger partial charge in [-0.05, 0) is 43.5 Å².